The Bertz CT molecular complexity index is 637. The highest BCUT2D eigenvalue weighted by Crippen LogP contribution is 2.20. The summed E-state index contributed by atoms with van der Waals surface area (Å²) in [5.74, 6) is 1.07. The fourth-order valence-corrected chi connectivity index (χ4v) is 3.61. The molecule has 1 fully saturated rings. The number of aromatic nitrogens is 4. The fourth-order valence-electron chi connectivity index (χ4n) is 3.08. The van der Waals surface area contributed by atoms with E-state index in [-0.39, 0.29) is 5.91 Å². The van der Waals surface area contributed by atoms with Gasteiger partial charge in [-0.1, -0.05) is 19.1 Å². The van der Waals surface area contributed by atoms with Crippen molar-refractivity contribution < 1.29 is 4.79 Å². The number of thiazole rings is 1. The van der Waals surface area contributed by atoms with Crippen LogP contribution in [0.5, 0.6) is 0 Å². The highest BCUT2D eigenvalue weighted by atomic mass is 32.1. The molecule has 0 aliphatic carbocycles. The van der Waals surface area contributed by atoms with Crippen LogP contribution in [-0.2, 0) is 13.0 Å². The first-order valence-corrected chi connectivity index (χ1v) is 9.12. The van der Waals surface area contributed by atoms with E-state index in [1.54, 1.807) is 5.51 Å². The number of amides is 1. The highest BCUT2D eigenvalue weighted by molar-refractivity contribution is 7.07. The van der Waals surface area contributed by atoms with E-state index in [4.69, 9.17) is 0 Å². The fraction of sp³-hybridized carbons (Fsp3) is 0.625. The number of piperidine rings is 1. The van der Waals surface area contributed by atoms with Crippen molar-refractivity contribution in [2.45, 2.75) is 39.7 Å². The van der Waals surface area contributed by atoms with Crippen molar-refractivity contribution in [3.63, 3.8) is 0 Å². The van der Waals surface area contributed by atoms with Crippen molar-refractivity contribution >= 4 is 17.2 Å². The van der Waals surface area contributed by atoms with Gasteiger partial charge in [-0.15, -0.1) is 16.4 Å². The number of hydrogen-bond acceptors (Lipinski definition) is 5. The number of hydrogen-bond donors (Lipinski definition) is 0. The predicted molar refractivity (Wildman–Crippen MR) is 89.3 cm³/mol. The van der Waals surface area contributed by atoms with Gasteiger partial charge in [-0.25, -0.2) is 4.98 Å². The van der Waals surface area contributed by atoms with Gasteiger partial charge in [0.25, 0.3) is 5.91 Å². The summed E-state index contributed by atoms with van der Waals surface area (Å²) in [4.78, 5) is 18.5. The Kier molecular flexibility index (Phi) is 5.05. The van der Waals surface area contributed by atoms with Gasteiger partial charge >= 0.3 is 0 Å². The van der Waals surface area contributed by atoms with Crippen LogP contribution in [0.1, 0.15) is 42.9 Å². The topological polar surface area (TPSA) is 63.9 Å². The SMILES string of the molecule is CC(C)Cc1cn(C[C@H]2CCCN(C(=O)c3cscn3)C2)nn1. The average Bonchev–Trinajstić information content (AvgIpc) is 3.18. The van der Waals surface area contributed by atoms with E-state index < -0.39 is 0 Å². The number of carbonyl (C=O) groups is 1. The molecule has 124 valence electrons. The lowest BCUT2D eigenvalue weighted by Gasteiger charge is -2.32. The van der Waals surface area contributed by atoms with Crippen molar-refractivity contribution in [2.24, 2.45) is 11.8 Å². The van der Waals surface area contributed by atoms with E-state index in [9.17, 15) is 4.79 Å². The molecule has 0 saturated carbocycles. The van der Waals surface area contributed by atoms with Crippen LogP contribution in [-0.4, -0.2) is 43.9 Å². The summed E-state index contributed by atoms with van der Waals surface area (Å²) < 4.78 is 1.93. The molecule has 1 atom stereocenters. The summed E-state index contributed by atoms with van der Waals surface area (Å²) >= 11 is 1.46. The van der Waals surface area contributed by atoms with Crippen molar-refractivity contribution in [3.05, 3.63) is 28.5 Å². The van der Waals surface area contributed by atoms with E-state index >= 15 is 0 Å². The van der Waals surface area contributed by atoms with Crippen LogP contribution in [0.25, 0.3) is 0 Å². The third-order valence-corrected chi connectivity index (χ3v) is 4.69. The zero-order valence-corrected chi connectivity index (χ0v) is 14.5. The molecule has 1 saturated heterocycles. The van der Waals surface area contributed by atoms with Gasteiger partial charge in [0.05, 0.1) is 11.2 Å². The summed E-state index contributed by atoms with van der Waals surface area (Å²) in [6.45, 7) is 6.79. The Morgan fingerprint density at radius 3 is 3.09 bits per heavy atom. The molecular weight excluding hydrogens is 310 g/mol. The maximum atomic E-state index is 12.4. The Balaban J connectivity index is 1.58. The smallest absolute Gasteiger partial charge is 0.273 e. The van der Waals surface area contributed by atoms with Crippen LogP contribution in [0, 0.1) is 11.8 Å². The van der Waals surface area contributed by atoms with Gasteiger partial charge in [-0.05, 0) is 31.1 Å². The molecule has 0 N–H and O–H groups in total. The second-order valence-electron chi connectivity index (χ2n) is 6.66. The normalized spacial score (nSPS) is 18.6. The Labute approximate surface area is 140 Å². The number of rotatable bonds is 5. The van der Waals surface area contributed by atoms with Crippen LogP contribution < -0.4 is 0 Å². The number of carbonyl (C=O) groups excluding carboxylic acids is 1. The zero-order valence-electron chi connectivity index (χ0n) is 13.7. The molecule has 3 heterocycles. The third kappa shape index (κ3) is 4.16. The van der Waals surface area contributed by atoms with Gasteiger partial charge in [0.15, 0.2) is 0 Å². The van der Waals surface area contributed by atoms with Crippen LogP contribution >= 0.6 is 11.3 Å². The molecule has 0 bridgehead atoms. The first kappa shape index (κ1) is 16.1. The summed E-state index contributed by atoms with van der Waals surface area (Å²) in [7, 11) is 0. The maximum Gasteiger partial charge on any atom is 0.273 e. The van der Waals surface area contributed by atoms with Crippen LogP contribution in [0.15, 0.2) is 17.1 Å². The standard InChI is InChI=1S/C16H23N5OS/c1-12(2)6-14-9-21(19-18-14)8-13-4-3-5-20(7-13)16(22)15-10-23-11-17-15/h9-13H,3-8H2,1-2H3/t13-/m0/s1. The molecule has 23 heavy (non-hydrogen) atoms. The summed E-state index contributed by atoms with van der Waals surface area (Å²) in [6.07, 6.45) is 5.16. The van der Waals surface area contributed by atoms with Gasteiger partial charge < -0.3 is 4.90 Å². The van der Waals surface area contributed by atoms with Crippen molar-refractivity contribution in [1.29, 1.82) is 0 Å². The quantitative estimate of drug-likeness (QED) is 0.843. The molecule has 6 nitrogen and oxygen atoms in total. The minimum absolute atomic E-state index is 0.0510. The average molecular weight is 333 g/mol. The molecule has 7 heteroatoms. The van der Waals surface area contributed by atoms with Crippen molar-refractivity contribution in [1.82, 2.24) is 24.9 Å². The molecule has 2 aromatic rings. The number of likely N-dealkylation sites (tertiary alicyclic amines) is 1. The van der Waals surface area contributed by atoms with Crippen molar-refractivity contribution in [2.75, 3.05) is 13.1 Å². The molecule has 0 aromatic carbocycles. The molecule has 1 aliphatic rings. The first-order chi connectivity index (χ1) is 11.1. The highest BCUT2D eigenvalue weighted by Gasteiger charge is 2.25. The van der Waals surface area contributed by atoms with E-state index in [2.05, 4.69) is 29.1 Å². The second kappa shape index (κ2) is 7.21. The molecule has 1 amide bonds. The monoisotopic (exact) mass is 333 g/mol. The first-order valence-electron chi connectivity index (χ1n) is 8.18. The number of nitrogens with zero attached hydrogens (tertiary/aromatic N) is 5. The van der Waals surface area contributed by atoms with Crippen LogP contribution in [0.2, 0.25) is 0 Å². The van der Waals surface area contributed by atoms with E-state index in [1.807, 2.05) is 21.2 Å². The second-order valence-corrected chi connectivity index (χ2v) is 7.38. The molecule has 2 aromatic heterocycles. The molecule has 0 radical (unpaired) electrons. The molecule has 0 spiro atoms. The lowest BCUT2D eigenvalue weighted by atomic mass is 9.98. The minimum Gasteiger partial charge on any atom is -0.337 e. The zero-order chi connectivity index (χ0) is 16.2. The van der Waals surface area contributed by atoms with E-state index in [1.165, 1.54) is 11.3 Å². The lowest BCUT2D eigenvalue weighted by Crippen LogP contribution is -2.41. The van der Waals surface area contributed by atoms with Gasteiger partial charge in [-0.3, -0.25) is 9.48 Å². The summed E-state index contributed by atoms with van der Waals surface area (Å²) in [5.41, 5.74) is 3.32. The Hall–Kier alpha value is -1.76. The Morgan fingerprint density at radius 2 is 2.35 bits per heavy atom. The van der Waals surface area contributed by atoms with E-state index in [0.29, 0.717) is 17.5 Å². The minimum atomic E-state index is 0.0510. The Morgan fingerprint density at radius 1 is 1.48 bits per heavy atom. The molecule has 0 unspecified atom stereocenters. The maximum absolute atomic E-state index is 12.4. The predicted octanol–water partition coefficient (Wildman–Crippen LogP) is 2.49. The summed E-state index contributed by atoms with van der Waals surface area (Å²) in [5, 5.41) is 10.3. The lowest BCUT2D eigenvalue weighted by molar-refractivity contribution is 0.0654. The molecular formula is C16H23N5OS. The van der Waals surface area contributed by atoms with Gasteiger partial charge in [-0.2, -0.15) is 0 Å². The van der Waals surface area contributed by atoms with Gasteiger partial charge in [0.1, 0.15) is 5.69 Å². The van der Waals surface area contributed by atoms with Gasteiger partial charge in [0, 0.05) is 31.2 Å². The van der Waals surface area contributed by atoms with Crippen molar-refractivity contribution in [3.8, 4) is 0 Å². The largest absolute Gasteiger partial charge is 0.337 e. The van der Waals surface area contributed by atoms with Crippen LogP contribution in [0.3, 0.4) is 0 Å². The molecule has 3 rings (SSSR count). The van der Waals surface area contributed by atoms with Crippen LogP contribution in [0.4, 0.5) is 0 Å². The van der Waals surface area contributed by atoms with Gasteiger partial charge in [0.2, 0.25) is 0 Å². The van der Waals surface area contributed by atoms with E-state index in [0.717, 1.165) is 44.6 Å². The summed E-state index contributed by atoms with van der Waals surface area (Å²) in [6, 6.07) is 0. The third-order valence-electron chi connectivity index (χ3n) is 4.11. The molecule has 1 aliphatic heterocycles.